The Bertz CT molecular complexity index is 1420. The minimum absolute atomic E-state index is 0.0120. The minimum atomic E-state index is -4.26. The van der Waals surface area contributed by atoms with Gasteiger partial charge < -0.3 is 10.2 Å². The molecular formula is C28H30BrClFN3O4S. The van der Waals surface area contributed by atoms with E-state index in [1.165, 1.54) is 23.1 Å². The number of hydrogen-bond donors (Lipinski definition) is 1. The zero-order valence-electron chi connectivity index (χ0n) is 21.8. The Labute approximate surface area is 242 Å². The average Bonchev–Trinajstić information content (AvgIpc) is 2.90. The van der Waals surface area contributed by atoms with Crippen molar-refractivity contribution in [1.82, 2.24) is 10.2 Å². The van der Waals surface area contributed by atoms with Crippen LogP contribution in [0.5, 0.6) is 0 Å². The molecule has 1 atom stereocenters. The van der Waals surface area contributed by atoms with Crippen molar-refractivity contribution in [3.05, 3.63) is 93.7 Å². The molecule has 3 aromatic carbocycles. The number of amides is 2. The van der Waals surface area contributed by atoms with Crippen LogP contribution >= 0.6 is 27.5 Å². The first-order valence-corrected chi connectivity index (χ1v) is 14.9. The molecule has 1 unspecified atom stereocenters. The molecule has 11 heteroatoms. The van der Waals surface area contributed by atoms with Gasteiger partial charge >= 0.3 is 0 Å². The molecule has 0 heterocycles. The van der Waals surface area contributed by atoms with Crippen LogP contribution in [0.25, 0.3) is 0 Å². The van der Waals surface area contributed by atoms with Crippen molar-refractivity contribution in [3.8, 4) is 0 Å². The van der Waals surface area contributed by atoms with Gasteiger partial charge in [-0.25, -0.2) is 12.8 Å². The molecule has 0 fully saturated rings. The largest absolute Gasteiger partial charge is 0.354 e. The molecule has 3 aromatic rings. The topological polar surface area (TPSA) is 86.8 Å². The van der Waals surface area contributed by atoms with E-state index in [1.54, 1.807) is 31.2 Å². The van der Waals surface area contributed by atoms with Crippen molar-refractivity contribution in [2.75, 3.05) is 17.4 Å². The van der Waals surface area contributed by atoms with Crippen molar-refractivity contribution in [1.29, 1.82) is 0 Å². The van der Waals surface area contributed by atoms with Gasteiger partial charge in [-0.15, -0.1) is 0 Å². The predicted molar refractivity (Wildman–Crippen MR) is 154 cm³/mol. The number of carbonyl (C=O) groups is 2. The van der Waals surface area contributed by atoms with Crippen LogP contribution in [0.2, 0.25) is 5.02 Å². The summed E-state index contributed by atoms with van der Waals surface area (Å²) in [4.78, 5) is 28.1. The highest BCUT2D eigenvalue weighted by atomic mass is 79.9. The van der Waals surface area contributed by atoms with Crippen LogP contribution in [0.3, 0.4) is 0 Å². The van der Waals surface area contributed by atoms with Gasteiger partial charge in [-0.05, 0) is 60.9 Å². The standard InChI is InChI=1S/C28H30BrClFN3O4S/c1-19(2)16-32-28(36)20(3)33(17-21-8-7-9-22(29)14-21)27(35)18-34(23-12-13-26(31)25(30)15-23)39(37,38)24-10-5-4-6-11-24/h4-15,19-20H,16-18H2,1-3H3,(H,32,36). The van der Waals surface area contributed by atoms with E-state index in [-0.39, 0.29) is 34.0 Å². The average molecular weight is 639 g/mol. The molecule has 39 heavy (non-hydrogen) atoms. The molecule has 3 rings (SSSR count). The number of rotatable bonds is 11. The van der Waals surface area contributed by atoms with E-state index in [2.05, 4.69) is 21.2 Å². The molecule has 0 spiro atoms. The first-order chi connectivity index (χ1) is 18.4. The van der Waals surface area contributed by atoms with E-state index in [9.17, 15) is 22.4 Å². The third kappa shape index (κ3) is 8.03. The number of carbonyl (C=O) groups excluding carboxylic acids is 2. The molecule has 0 aliphatic carbocycles. The van der Waals surface area contributed by atoms with Gasteiger partial charge in [0.1, 0.15) is 18.4 Å². The Balaban J connectivity index is 2.03. The Hall–Kier alpha value is -2.95. The number of nitrogens with zero attached hydrogens (tertiary/aromatic N) is 2. The quantitative estimate of drug-likeness (QED) is 0.295. The molecule has 0 aliphatic rings. The lowest BCUT2D eigenvalue weighted by molar-refractivity contribution is -0.139. The third-order valence-electron chi connectivity index (χ3n) is 5.90. The van der Waals surface area contributed by atoms with E-state index in [4.69, 9.17) is 11.6 Å². The smallest absolute Gasteiger partial charge is 0.264 e. The summed E-state index contributed by atoms with van der Waals surface area (Å²) in [6, 6.07) is 17.4. The summed E-state index contributed by atoms with van der Waals surface area (Å²) in [6.07, 6.45) is 0. The summed E-state index contributed by atoms with van der Waals surface area (Å²) < 4.78 is 43.0. The number of halogens is 3. The van der Waals surface area contributed by atoms with Crippen LogP contribution in [0.4, 0.5) is 10.1 Å². The molecule has 7 nitrogen and oxygen atoms in total. The Kier molecular flexibility index (Phi) is 10.5. The van der Waals surface area contributed by atoms with Gasteiger partial charge in [0, 0.05) is 17.6 Å². The Morgan fingerprint density at radius 1 is 1.00 bits per heavy atom. The first kappa shape index (κ1) is 30.6. The molecule has 0 saturated heterocycles. The summed E-state index contributed by atoms with van der Waals surface area (Å²) in [5.74, 6) is -1.52. The van der Waals surface area contributed by atoms with E-state index >= 15 is 0 Å². The fraction of sp³-hybridized carbons (Fsp3) is 0.286. The van der Waals surface area contributed by atoms with Gasteiger partial charge in [0.25, 0.3) is 10.0 Å². The number of sulfonamides is 1. The third-order valence-corrected chi connectivity index (χ3v) is 8.47. The summed E-state index contributed by atoms with van der Waals surface area (Å²) in [5, 5.41) is 2.55. The first-order valence-electron chi connectivity index (χ1n) is 12.2. The van der Waals surface area contributed by atoms with Crippen LogP contribution in [0, 0.1) is 11.7 Å². The molecule has 2 amide bonds. The molecule has 208 valence electrons. The van der Waals surface area contributed by atoms with Gasteiger partial charge in [0.15, 0.2) is 0 Å². The Morgan fingerprint density at radius 2 is 1.69 bits per heavy atom. The molecular weight excluding hydrogens is 609 g/mol. The van der Waals surface area contributed by atoms with Crippen molar-refractivity contribution < 1.29 is 22.4 Å². The lowest BCUT2D eigenvalue weighted by Gasteiger charge is -2.32. The van der Waals surface area contributed by atoms with Crippen molar-refractivity contribution in [3.63, 3.8) is 0 Å². The zero-order valence-corrected chi connectivity index (χ0v) is 24.9. The number of benzene rings is 3. The second kappa shape index (κ2) is 13.4. The van der Waals surface area contributed by atoms with Crippen LogP contribution in [0.15, 0.2) is 82.2 Å². The van der Waals surface area contributed by atoms with Gasteiger partial charge in [-0.1, -0.05) is 71.7 Å². The summed E-state index contributed by atoms with van der Waals surface area (Å²) >= 11 is 9.40. The highest BCUT2D eigenvalue weighted by Crippen LogP contribution is 2.28. The highest BCUT2D eigenvalue weighted by molar-refractivity contribution is 9.10. The van der Waals surface area contributed by atoms with E-state index < -0.39 is 34.3 Å². The second-order valence-electron chi connectivity index (χ2n) is 9.39. The molecule has 0 bridgehead atoms. The summed E-state index contributed by atoms with van der Waals surface area (Å²) in [6.45, 7) is 5.33. The van der Waals surface area contributed by atoms with Gasteiger partial charge in [0.2, 0.25) is 11.8 Å². The zero-order chi connectivity index (χ0) is 28.7. The van der Waals surface area contributed by atoms with Gasteiger partial charge in [0.05, 0.1) is 15.6 Å². The van der Waals surface area contributed by atoms with E-state index in [1.807, 2.05) is 32.0 Å². The van der Waals surface area contributed by atoms with Crippen LogP contribution < -0.4 is 9.62 Å². The maximum Gasteiger partial charge on any atom is 0.264 e. The number of anilines is 1. The van der Waals surface area contributed by atoms with Crippen LogP contribution in [-0.2, 0) is 26.2 Å². The lowest BCUT2D eigenvalue weighted by atomic mass is 10.1. The molecule has 0 saturated carbocycles. The summed E-state index contributed by atoms with van der Waals surface area (Å²) in [5.41, 5.74) is 0.751. The van der Waals surface area contributed by atoms with Crippen molar-refractivity contribution in [2.45, 2.75) is 38.3 Å². The normalized spacial score (nSPS) is 12.2. The van der Waals surface area contributed by atoms with Crippen molar-refractivity contribution >= 4 is 55.1 Å². The monoisotopic (exact) mass is 637 g/mol. The molecule has 0 aromatic heterocycles. The fourth-order valence-corrected chi connectivity index (χ4v) is 5.80. The minimum Gasteiger partial charge on any atom is -0.354 e. The van der Waals surface area contributed by atoms with Crippen molar-refractivity contribution in [2.24, 2.45) is 5.92 Å². The maximum atomic E-state index is 13.9. The van der Waals surface area contributed by atoms with Gasteiger partial charge in [-0.3, -0.25) is 13.9 Å². The SMILES string of the molecule is CC(C)CNC(=O)C(C)N(Cc1cccc(Br)c1)C(=O)CN(c1ccc(F)c(Cl)c1)S(=O)(=O)c1ccccc1. The molecule has 0 aliphatic heterocycles. The highest BCUT2D eigenvalue weighted by Gasteiger charge is 2.32. The molecule has 1 N–H and O–H groups in total. The van der Waals surface area contributed by atoms with E-state index in [0.29, 0.717) is 6.54 Å². The number of nitrogens with one attached hydrogen (secondary N) is 1. The van der Waals surface area contributed by atoms with E-state index in [0.717, 1.165) is 26.5 Å². The maximum absolute atomic E-state index is 13.9. The second-order valence-corrected chi connectivity index (χ2v) is 12.6. The fourth-order valence-electron chi connectivity index (χ4n) is 3.76. The predicted octanol–water partition coefficient (Wildman–Crippen LogP) is 5.63. The Morgan fingerprint density at radius 3 is 2.31 bits per heavy atom. The van der Waals surface area contributed by atoms with Gasteiger partial charge in [-0.2, -0.15) is 0 Å². The summed E-state index contributed by atoms with van der Waals surface area (Å²) in [7, 11) is -4.26. The number of hydrogen-bond acceptors (Lipinski definition) is 4. The van der Waals surface area contributed by atoms with Crippen LogP contribution in [-0.4, -0.2) is 44.3 Å². The molecule has 0 radical (unpaired) electrons. The van der Waals surface area contributed by atoms with Crippen LogP contribution in [0.1, 0.15) is 26.3 Å². The lowest BCUT2D eigenvalue weighted by Crippen LogP contribution is -2.51.